The number of hydrogen-bond acceptors (Lipinski definition) is 1. The fraction of sp³-hybridized carbons (Fsp3) is 0.467. The second kappa shape index (κ2) is 6.88. The van der Waals surface area contributed by atoms with Crippen molar-refractivity contribution in [2.45, 2.75) is 39.4 Å². The first-order valence-electron chi connectivity index (χ1n) is 6.50. The van der Waals surface area contributed by atoms with Gasteiger partial charge < -0.3 is 5.32 Å². The zero-order valence-corrected chi connectivity index (χ0v) is 11.8. The predicted molar refractivity (Wildman–Crippen MR) is 71.9 cm³/mol. The SMILES string of the molecule is CCCNC(C=C(C)C)c1ccc(F)c(C(F)(F)F)c1. The van der Waals surface area contributed by atoms with Gasteiger partial charge in [0.25, 0.3) is 0 Å². The molecule has 1 aromatic carbocycles. The van der Waals surface area contributed by atoms with Gasteiger partial charge in [0.1, 0.15) is 5.82 Å². The molecule has 1 atom stereocenters. The number of benzene rings is 1. The van der Waals surface area contributed by atoms with Gasteiger partial charge >= 0.3 is 6.18 Å². The Morgan fingerprint density at radius 3 is 2.45 bits per heavy atom. The number of allylic oxidation sites excluding steroid dienone is 1. The van der Waals surface area contributed by atoms with Crippen molar-refractivity contribution in [3.63, 3.8) is 0 Å². The molecule has 0 aliphatic rings. The third-order valence-electron chi connectivity index (χ3n) is 2.77. The van der Waals surface area contributed by atoms with Gasteiger partial charge in [0, 0.05) is 0 Å². The molecule has 1 nitrogen and oxygen atoms in total. The van der Waals surface area contributed by atoms with Crippen LogP contribution in [0.5, 0.6) is 0 Å². The average molecular weight is 289 g/mol. The number of alkyl halides is 3. The second-order valence-corrected chi connectivity index (χ2v) is 4.91. The van der Waals surface area contributed by atoms with Crippen LogP contribution in [0.2, 0.25) is 0 Å². The lowest BCUT2D eigenvalue weighted by Crippen LogP contribution is -2.21. The maximum absolute atomic E-state index is 13.3. The molecule has 1 aromatic rings. The molecule has 0 aromatic heterocycles. The van der Waals surface area contributed by atoms with E-state index in [2.05, 4.69) is 5.32 Å². The number of halogens is 4. The molecule has 0 spiro atoms. The van der Waals surface area contributed by atoms with Crippen LogP contribution >= 0.6 is 0 Å². The fourth-order valence-corrected chi connectivity index (χ4v) is 1.86. The first-order valence-corrected chi connectivity index (χ1v) is 6.50. The minimum absolute atomic E-state index is 0.346. The summed E-state index contributed by atoms with van der Waals surface area (Å²) in [6, 6.07) is 2.79. The van der Waals surface area contributed by atoms with E-state index in [1.54, 1.807) is 0 Å². The molecule has 1 rings (SSSR count). The molecule has 1 unspecified atom stereocenters. The summed E-state index contributed by atoms with van der Waals surface area (Å²) in [6.07, 6.45) is -1.98. The lowest BCUT2D eigenvalue weighted by Gasteiger charge is -2.18. The molecule has 0 bridgehead atoms. The van der Waals surface area contributed by atoms with Gasteiger partial charge in [-0.25, -0.2) is 4.39 Å². The highest BCUT2D eigenvalue weighted by Crippen LogP contribution is 2.33. The molecule has 0 saturated heterocycles. The highest BCUT2D eigenvalue weighted by molar-refractivity contribution is 5.32. The van der Waals surface area contributed by atoms with E-state index in [9.17, 15) is 17.6 Å². The summed E-state index contributed by atoms with van der Waals surface area (Å²) >= 11 is 0. The van der Waals surface area contributed by atoms with Crippen LogP contribution in [0.4, 0.5) is 17.6 Å². The smallest absolute Gasteiger partial charge is 0.307 e. The van der Waals surface area contributed by atoms with Crippen LogP contribution in [-0.4, -0.2) is 6.54 Å². The van der Waals surface area contributed by atoms with E-state index in [1.165, 1.54) is 6.07 Å². The van der Waals surface area contributed by atoms with Crippen molar-refractivity contribution < 1.29 is 17.6 Å². The largest absolute Gasteiger partial charge is 0.419 e. The monoisotopic (exact) mass is 289 g/mol. The van der Waals surface area contributed by atoms with E-state index < -0.39 is 17.6 Å². The molecular formula is C15H19F4N. The maximum atomic E-state index is 13.3. The molecule has 0 aliphatic heterocycles. The standard InChI is InChI=1S/C15H19F4N/c1-4-7-20-14(8-10(2)3)11-5-6-13(16)12(9-11)15(17,18)19/h5-6,8-9,14,20H,4,7H2,1-3H3. The van der Waals surface area contributed by atoms with Gasteiger partial charge in [0.2, 0.25) is 0 Å². The zero-order valence-electron chi connectivity index (χ0n) is 11.8. The Morgan fingerprint density at radius 1 is 1.30 bits per heavy atom. The summed E-state index contributed by atoms with van der Waals surface area (Å²) in [5.41, 5.74) is 0.172. The van der Waals surface area contributed by atoms with Gasteiger partial charge in [-0.2, -0.15) is 13.2 Å². The van der Waals surface area contributed by atoms with Gasteiger partial charge in [-0.05, 0) is 44.5 Å². The Morgan fingerprint density at radius 2 is 1.95 bits per heavy atom. The predicted octanol–water partition coefficient (Wildman–Crippen LogP) is 4.85. The Kier molecular flexibility index (Phi) is 5.74. The van der Waals surface area contributed by atoms with Crippen molar-refractivity contribution >= 4 is 0 Å². The zero-order chi connectivity index (χ0) is 15.3. The molecule has 0 radical (unpaired) electrons. The quantitative estimate of drug-likeness (QED) is 0.603. The summed E-state index contributed by atoms with van der Waals surface area (Å²) in [6.45, 7) is 6.38. The molecule has 112 valence electrons. The third kappa shape index (κ3) is 4.63. The number of nitrogens with one attached hydrogen (secondary N) is 1. The third-order valence-corrected chi connectivity index (χ3v) is 2.77. The van der Waals surface area contributed by atoms with E-state index >= 15 is 0 Å². The molecule has 0 amide bonds. The van der Waals surface area contributed by atoms with Crippen LogP contribution in [0.15, 0.2) is 29.8 Å². The summed E-state index contributed by atoms with van der Waals surface area (Å²) in [7, 11) is 0. The lowest BCUT2D eigenvalue weighted by molar-refractivity contribution is -0.140. The van der Waals surface area contributed by atoms with Crippen LogP contribution in [0, 0.1) is 5.82 Å². The van der Waals surface area contributed by atoms with Crippen LogP contribution in [-0.2, 0) is 6.18 Å². The normalized spacial score (nSPS) is 13.2. The first kappa shape index (κ1) is 16.7. The Bertz CT molecular complexity index is 473. The van der Waals surface area contributed by atoms with Crippen molar-refractivity contribution in [2.24, 2.45) is 0 Å². The summed E-state index contributed by atoms with van der Waals surface area (Å²) < 4.78 is 51.5. The fourth-order valence-electron chi connectivity index (χ4n) is 1.86. The molecular weight excluding hydrogens is 270 g/mol. The minimum Gasteiger partial charge on any atom is -0.307 e. The van der Waals surface area contributed by atoms with Crippen LogP contribution < -0.4 is 5.32 Å². The Hall–Kier alpha value is -1.36. The first-order chi connectivity index (χ1) is 9.25. The van der Waals surface area contributed by atoms with E-state index in [4.69, 9.17) is 0 Å². The van der Waals surface area contributed by atoms with E-state index in [0.717, 1.165) is 24.1 Å². The van der Waals surface area contributed by atoms with Crippen LogP contribution in [0.25, 0.3) is 0 Å². The van der Waals surface area contributed by atoms with Gasteiger partial charge in [0.15, 0.2) is 0 Å². The molecule has 0 saturated carbocycles. The van der Waals surface area contributed by atoms with Crippen molar-refractivity contribution in [3.8, 4) is 0 Å². The summed E-state index contributed by atoms with van der Waals surface area (Å²) in [5.74, 6) is -1.24. The maximum Gasteiger partial charge on any atom is 0.419 e. The molecule has 5 heteroatoms. The highest BCUT2D eigenvalue weighted by Gasteiger charge is 2.34. The van der Waals surface area contributed by atoms with Crippen molar-refractivity contribution in [3.05, 3.63) is 46.8 Å². The van der Waals surface area contributed by atoms with E-state index in [0.29, 0.717) is 12.1 Å². The molecule has 0 fully saturated rings. The lowest BCUT2D eigenvalue weighted by atomic mass is 10.0. The minimum atomic E-state index is -4.68. The van der Waals surface area contributed by atoms with Crippen molar-refractivity contribution in [2.75, 3.05) is 6.54 Å². The molecule has 0 heterocycles. The molecule has 1 N–H and O–H groups in total. The van der Waals surface area contributed by atoms with Crippen molar-refractivity contribution in [1.29, 1.82) is 0 Å². The Balaban J connectivity index is 3.17. The summed E-state index contributed by atoms with van der Waals surface area (Å²) in [5, 5.41) is 3.15. The molecule has 0 aliphatic carbocycles. The topological polar surface area (TPSA) is 12.0 Å². The van der Waals surface area contributed by atoms with Gasteiger partial charge in [-0.3, -0.25) is 0 Å². The van der Waals surface area contributed by atoms with Gasteiger partial charge in [-0.1, -0.05) is 24.6 Å². The van der Waals surface area contributed by atoms with Crippen LogP contribution in [0.3, 0.4) is 0 Å². The van der Waals surface area contributed by atoms with E-state index in [1.807, 2.05) is 26.8 Å². The van der Waals surface area contributed by atoms with Crippen LogP contribution in [0.1, 0.15) is 44.4 Å². The molecule has 20 heavy (non-hydrogen) atoms. The number of rotatable bonds is 5. The number of hydrogen-bond donors (Lipinski definition) is 1. The second-order valence-electron chi connectivity index (χ2n) is 4.91. The Labute approximate surface area is 116 Å². The van der Waals surface area contributed by atoms with Gasteiger partial charge in [-0.15, -0.1) is 0 Å². The summed E-state index contributed by atoms with van der Waals surface area (Å²) in [4.78, 5) is 0. The van der Waals surface area contributed by atoms with Crippen molar-refractivity contribution in [1.82, 2.24) is 5.32 Å². The average Bonchev–Trinajstić information content (AvgIpc) is 2.33. The van der Waals surface area contributed by atoms with Gasteiger partial charge in [0.05, 0.1) is 11.6 Å². The highest BCUT2D eigenvalue weighted by atomic mass is 19.4. The van der Waals surface area contributed by atoms with E-state index in [-0.39, 0.29) is 6.04 Å².